The number of rotatable bonds is 5. The van der Waals surface area contributed by atoms with Gasteiger partial charge in [0.15, 0.2) is 0 Å². The zero-order valence-corrected chi connectivity index (χ0v) is 13.7. The van der Waals surface area contributed by atoms with E-state index in [0.29, 0.717) is 0 Å². The van der Waals surface area contributed by atoms with Crippen molar-refractivity contribution in [3.05, 3.63) is 71.9 Å². The molecule has 0 spiro atoms. The lowest BCUT2D eigenvalue weighted by Gasteiger charge is -2.20. The summed E-state index contributed by atoms with van der Waals surface area (Å²) in [5.74, 6) is 0. The van der Waals surface area contributed by atoms with Crippen molar-refractivity contribution < 1.29 is 0 Å². The summed E-state index contributed by atoms with van der Waals surface area (Å²) in [6, 6.07) is 21.0. The van der Waals surface area contributed by atoms with Gasteiger partial charge in [-0.1, -0.05) is 42.5 Å². The van der Waals surface area contributed by atoms with Crippen LogP contribution in [-0.2, 0) is 0 Å². The Morgan fingerprint density at radius 1 is 0.826 bits per heavy atom. The van der Waals surface area contributed by atoms with Crippen LogP contribution in [0.3, 0.4) is 0 Å². The molecule has 1 heterocycles. The van der Waals surface area contributed by atoms with Gasteiger partial charge in [-0.25, -0.2) is 4.98 Å². The molecule has 0 aliphatic carbocycles. The summed E-state index contributed by atoms with van der Waals surface area (Å²) in [6.45, 7) is 6.44. The van der Waals surface area contributed by atoms with Crippen molar-refractivity contribution >= 4 is 28.7 Å². The van der Waals surface area contributed by atoms with Crippen molar-refractivity contribution in [3.8, 4) is 0 Å². The summed E-state index contributed by atoms with van der Waals surface area (Å²) in [7, 11) is 0. The summed E-state index contributed by atoms with van der Waals surface area (Å²) < 4.78 is 0. The van der Waals surface area contributed by atoms with Gasteiger partial charge in [-0.15, -0.1) is 0 Å². The molecule has 3 rings (SSSR count). The first-order valence-corrected chi connectivity index (χ1v) is 8.19. The molecule has 2 aromatic carbocycles. The number of pyridine rings is 1. The highest BCUT2D eigenvalue weighted by atomic mass is 15.1. The number of nitrogens with zero attached hydrogens (tertiary/aromatic N) is 2. The highest BCUT2D eigenvalue weighted by Gasteiger charge is 2.00. The van der Waals surface area contributed by atoms with Crippen molar-refractivity contribution in [1.82, 2.24) is 4.98 Å². The molecule has 0 aliphatic heterocycles. The molecule has 23 heavy (non-hydrogen) atoms. The molecular weight excluding hydrogens is 280 g/mol. The van der Waals surface area contributed by atoms with Crippen LogP contribution < -0.4 is 4.90 Å². The fourth-order valence-electron chi connectivity index (χ4n) is 2.74. The standard InChI is InChI=1S/C21H22N2/c1-3-23(4-2)20-15-10-17(11-16-20)9-13-19-14-12-18-7-5-6-8-21(18)22-19/h5-16H,3-4H2,1-2H3/b13-9-. The third-order valence-corrected chi connectivity index (χ3v) is 4.09. The summed E-state index contributed by atoms with van der Waals surface area (Å²) in [6.07, 6.45) is 4.18. The van der Waals surface area contributed by atoms with E-state index in [1.807, 2.05) is 18.2 Å². The third kappa shape index (κ3) is 3.59. The molecule has 0 bridgehead atoms. The van der Waals surface area contributed by atoms with Crippen LogP contribution in [0.5, 0.6) is 0 Å². The summed E-state index contributed by atoms with van der Waals surface area (Å²) in [5, 5.41) is 1.17. The van der Waals surface area contributed by atoms with Gasteiger partial charge >= 0.3 is 0 Å². The maximum Gasteiger partial charge on any atom is 0.0709 e. The van der Waals surface area contributed by atoms with E-state index < -0.39 is 0 Å². The average Bonchev–Trinajstić information content (AvgIpc) is 2.62. The van der Waals surface area contributed by atoms with E-state index in [9.17, 15) is 0 Å². The molecule has 0 unspecified atom stereocenters. The maximum absolute atomic E-state index is 4.67. The van der Waals surface area contributed by atoms with E-state index in [2.05, 4.69) is 78.3 Å². The predicted molar refractivity (Wildman–Crippen MR) is 101 cm³/mol. The van der Waals surface area contributed by atoms with E-state index in [4.69, 9.17) is 0 Å². The Morgan fingerprint density at radius 3 is 2.30 bits per heavy atom. The van der Waals surface area contributed by atoms with E-state index >= 15 is 0 Å². The van der Waals surface area contributed by atoms with Crippen molar-refractivity contribution in [3.63, 3.8) is 0 Å². The molecule has 0 atom stereocenters. The van der Waals surface area contributed by atoms with Gasteiger partial charge in [0.25, 0.3) is 0 Å². The molecule has 0 fully saturated rings. The van der Waals surface area contributed by atoms with Gasteiger partial charge < -0.3 is 4.90 Å². The third-order valence-electron chi connectivity index (χ3n) is 4.09. The summed E-state index contributed by atoms with van der Waals surface area (Å²) in [4.78, 5) is 7.01. The Bertz CT molecular complexity index is 799. The summed E-state index contributed by atoms with van der Waals surface area (Å²) >= 11 is 0. The Hall–Kier alpha value is -2.61. The van der Waals surface area contributed by atoms with Crippen molar-refractivity contribution in [2.24, 2.45) is 0 Å². The Balaban J connectivity index is 1.78. The number of anilines is 1. The number of fused-ring (bicyclic) bond motifs is 1. The maximum atomic E-state index is 4.67. The first-order chi connectivity index (χ1) is 11.3. The minimum absolute atomic E-state index is 0.983. The minimum atomic E-state index is 0.983. The van der Waals surface area contributed by atoms with Crippen LogP contribution in [0.4, 0.5) is 5.69 Å². The van der Waals surface area contributed by atoms with Crippen LogP contribution in [0.15, 0.2) is 60.7 Å². The number of benzene rings is 2. The number of hydrogen-bond acceptors (Lipinski definition) is 2. The van der Waals surface area contributed by atoms with Crippen molar-refractivity contribution in [1.29, 1.82) is 0 Å². The molecule has 0 saturated heterocycles. The highest BCUT2D eigenvalue weighted by molar-refractivity contribution is 5.80. The van der Waals surface area contributed by atoms with Crippen molar-refractivity contribution in [2.75, 3.05) is 18.0 Å². The molecule has 0 amide bonds. The molecule has 1 aromatic heterocycles. The minimum Gasteiger partial charge on any atom is -0.372 e. The lowest BCUT2D eigenvalue weighted by atomic mass is 10.1. The van der Waals surface area contributed by atoms with Crippen LogP contribution in [-0.4, -0.2) is 18.1 Å². The first-order valence-electron chi connectivity index (χ1n) is 8.19. The van der Waals surface area contributed by atoms with Crippen LogP contribution in [0.25, 0.3) is 23.1 Å². The predicted octanol–water partition coefficient (Wildman–Crippen LogP) is 5.25. The van der Waals surface area contributed by atoms with Crippen molar-refractivity contribution in [2.45, 2.75) is 13.8 Å². The zero-order chi connectivity index (χ0) is 16.1. The van der Waals surface area contributed by atoms with E-state index in [0.717, 1.165) is 24.3 Å². The molecule has 0 saturated carbocycles. The fraction of sp³-hybridized carbons (Fsp3) is 0.190. The van der Waals surface area contributed by atoms with Gasteiger partial charge in [0, 0.05) is 24.2 Å². The quantitative estimate of drug-likeness (QED) is 0.640. The largest absolute Gasteiger partial charge is 0.372 e. The molecule has 0 aliphatic rings. The average molecular weight is 302 g/mol. The zero-order valence-electron chi connectivity index (χ0n) is 13.7. The molecule has 116 valence electrons. The van der Waals surface area contributed by atoms with Crippen LogP contribution in [0, 0.1) is 0 Å². The molecular formula is C21H22N2. The van der Waals surface area contributed by atoms with Gasteiger partial charge in [-0.2, -0.15) is 0 Å². The lowest BCUT2D eigenvalue weighted by Crippen LogP contribution is -2.21. The number of aromatic nitrogens is 1. The fourth-order valence-corrected chi connectivity index (χ4v) is 2.74. The Kier molecular flexibility index (Phi) is 4.72. The van der Waals surface area contributed by atoms with Gasteiger partial charge in [-0.05, 0) is 49.8 Å². The monoisotopic (exact) mass is 302 g/mol. The molecule has 0 radical (unpaired) electrons. The molecule has 2 nitrogen and oxygen atoms in total. The first kappa shape index (κ1) is 15.3. The summed E-state index contributed by atoms with van der Waals surface area (Å²) in [5.41, 5.74) is 4.48. The lowest BCUT2D eigenvalue weighted by molar-refractivity contribution is 0.866. The molecule has 3 aromatic rings. The van der Waals surface area contributed by atoms with E-state index in [1.165, 1.54) is 16.6 Å². The van der Waals surface area contributed by atoms with Crippen LogP contribution in [0.1, 0.15) is 25.1 Å². The van der Waals surface area contributed by atoms with Gasteiger partial charge in [0.05, 0.1) is 11.2 Å². The molecule has 2 heteroatoms. The van der Waals surface area contributed by atoms with Gasteiger partial charge in [0.2, 0.25) is 0 Å². The van der Waals surface area contributed by atoms with Gasteiger partial charge in [0.1, 0.15) is 0 Å². The SMILES string of the molecule is CCN(CC)c1ccc(/C=C\c2ccc3ccccc3n2)cc1. The second-order valence-corrected chi connectivity index (χ2v) is 5.53. The smallest absolute Gasteiger partial charge is 0.0709 e. The highest BCUT2D eigenvalue weighted by Crippen LogP contribution is 2.17. The number of hydrogen-bond donors (Lipinski definition) is 0. The topological polar surface area (TPSA) is 16.1 Å². The van der Waals surface area contributed by atoms with Crippen LogP contribution in [0.2, 0.25) is 0 Å². The second kappa shape index (κ2) is 7.10. The number of para-hydroxylation sites is 1. The van der Waals surface area contributed by atoms with Gasteiger partial charge in [-0.3, -0.25) is 0 Å². The molecule has 0 N–H and O–H groups in total. The van der Waals surface area contributed by atoms with E-state index in [1.54, 1.807) is 0 Å². The Labute approximate surface area is 138 Å². The normalized spacial score (nSPS) is 11.2. The Morgan fingerprint density at radius 2 is 1.57 bits per heavy atom. The van der Waals surface area contributed by atoms with Crippen LogP contribution >= 0.6 is 0 Å². The van der Waals surface area contributed by atoms with E-state index in [-0.39, 0.29) is 0 Å². The second-order valence-electron chi connectivity index (χ2n) is 5.53.